The number of aromatic hydroxyl groups is 1. The van der Waals surface area contributed by atoms with Gasteiger partial charge in [0.1, 0.15) is 43.3 Å². The van der Waals surface area contributed by atoms with E-state index in [1.165, 1.54) is 28.1 Å². The maximum absolute atomic E-state index is 12.6. The molecule has 0 aliphatic heterocycles. The van der Waals surface area contributed by atoms with Gasteiger partial charge in [-0.25, -0.2) is 19.9 Å². The van der Waals surface area contributed by atoms with Crippen LogP contribution in [-0.4, -0.2) is 90.5 Å². The lowest BCUT2D eigenvalue weighted by Crippen LogP contribution is -2.32. The Morgan fingerprint density at radius 2 is 1.11 bits per heavy atom. The van der Waals surface area contributed by atoms with Gasteiger partial charge < -0.3 is 28.0 Å². The molecule has 0 spiro atoms. The number of halogens is 2. The molecule has 0 bridgehead atoms. The fourth-order valence-corrected chi connectivity index (χ4v) is 7.68. The molecule has 6 aromatic heterocycles. The predicted octanol–water partition coefficient (Wildman–Crippen LogP) is 4.37. The van der Waals surface area contributed by atoms with E-state index in [1.807, 2.05) is 12.1 Å². The van der Waals surface area contributed by atoms with Gasteiger partial charge in [-0.05, 0) is 74.2 Å². The smallest absolute Gasteiger partial charge is 0.280 e. The van der Waals surface area contributed by atoms with Crippen molar-refractivity contribution in [2.75, 3.05) is 6.26 Å². The van der Waals surface area contributed by atoms with E-state index in [9.17, 15) is 18.0 Å². The van der Waals surface area contributed by atoms with Crippen molar-refractivity contribution in [3.05, 3.63) is 128 Å². The zero-order valence-corrected chi connectivity index (χ0v) is 36.1. The normalized spacial score (nSPS) is 18.2. The third-order valence-corrected chi connectivity index (χ3v) is 11.3. The standard InChI is InChI=1S/C19H17ClN6O3.C14H16N6O5S.C6H5ClO/c1-25-9-21-18-16(25)19(27)26(10-22-18)8-15-23-17(24-29-15)11-6-14(7-11)28-13-4-2-12(20)3-5-13;1-19-6-15-13-11(19)14(21)20(7-16-13)5-10-17-12(18-24-10)8-3-9(4-8)25-26(2,22)23;7-5-1-3-6(8)4-2-5/h2-5,9-11,14H,6-8H2,1H3;6-9H,3-5H2,1-2H3;1-4,8H. The van der Waals surface area contributed by atoms with Gasteiger partial charge in [0.2, 0.25) is 11.8 Å². The molecule has 0 saturated heterocycles. The highest BCUT2D eigenvalue weighted by molar-refractivity contribution is 7.86. The topological polar surface area (TPSA) is 256 Å². The quantitative estimate of drug-likeness (QED) is 0.187. The molecule has 0 radical (unpaired) electrons. The van der Waals surface area contributed by atoms with Crippen LogP contribution in [0.4, 0.5) is 0 Å². The fraction of sp³-hybridized carbons (Fsp3) is 0.333. The molecule has 2 aliphatic carbocycles. The molecule has 2 fully saturated rings. The Labute approximate surface area is 367 Å². The largest absolute Gasteiger partial charge is 0.508 e. The van der Waals surface area contributed by atoms with Gasteiger partial charge in [0, 0.05) is 36.0 Å². The number of rotatable bonds is 10. The third kappa shape index (κ3) is 10.3. The Bertz CT molecular complexity index is 3080. The minimum Gasteiger partial charge on any atom is -0.508 e. The molecule has 0 amide bonds. The lowest BCUT2D eigenvalue weighted by Gasteiger charge is -2.33. The van der Waals surface area contributed by atoms with Crippen LogP contribution in [0.2, 0.25) is 10.0 Å². The molecule has 8 aromatic rings. The van der Waals surface area contributed by atoms with Gasteiger partial charge in [-0.2, -0.15) is 18.4 Å². The first-order valence-corrected chi connectivity index (χ1v) is 21.9. The van der Waals surface area contributed by atoms with E-state index in [1.54, 1.807) is 66.0 Å². The van der Waals surface area contributed by atoms with Crippen LogP contribution >= 0.6 is 23.2 Å². The Morgan fingerprint density at radius 3 is 1.56 bits per heavy atom. The van der Waals surface area contributed by atoms with Crippen molar-refractivity contribution in [1.29, 1.82) is 0 Å². The fourth-order valence-electron chi connectivity index (χ4n) is 6.78. The van der Waals surface area contributed by atoms with Crippen molar-refractivity contribution in [3.63, 3.8) is 0 Å². The van der Waals surface area contributed by atoms with Crippen molar-refractivity contribution in [3.8, 4) is 11.5 Å². The molecule has 2 saturated carbocycles. The van der Waals surface area contributed by atoms with Gasteiger partial charge in [-0.15, -0.1) is 0 Å². The van der Waals surface area contributed by atoms with Crippen LogP contribution < -0.4 is 15.9 Å². The minimum absolute atomic E-state index is 0.0198. The highest BCUT2D eigenvalue weighted by atomic mass is 35.5. The molecule has 1 N–H and O–H groups in total. The highest BCUT2D eigenvalue weighted by Gasteiger charge is 2.37. The number of aryl methyl sites for hydroxylation is 2. The Morgan fingerprint density at radius 1 is 0.683 bits per heavy atom. The number of nitrogens with zero attached hydrogens (tertiary/aromatic N) is 12. The summed E-state index contributed by atoms with van der Waals surface area (Å²) in [6, 6.07) is 13.7. The number of imidazole rings is 2. The van der Waals surface area contributed by atoms with Crippen molar-refractivity contribution < 1.29 is 31.5 Å². The summed E-state index contributed by atoms with van der Waals surface area (Å²) in [5.41, 5.74) is 1.18. The zero-order valence-electron chi connectivity index (χ0n) is 33.7. The summed E-state index contributed by atoms with van der Waals surface area (Å²) in [5, 5.41) is 18.0. The van der Waals surface area contributed by atoms with E-state index < -0.39 is 10.1 Å². The van der Waals surface area contributed by atoms with Gasteiger partial charge in [0.25, 0.3) is 21.2 Å². The number of aromatic nitrogens is 12. The molecule has 10 rings (SSSR count). The van der Waals surface area contributed by atoms with E-state index in [-0.39, 0.29) is 59.9 Å². The maximum atomic E-state index is 12.6. The summed E-state index contributed by atoms with van der Waals surface area (Å²) >= 11 is 11.4. The molecular formula is C39H38Cl2N12O9S. The van der Waals surface area contributed by atoms with Gasteiger partial charge >= 0.3 is 0 Å². The molecule has 2 aliphatic rings. The number of phenols is 1. The molecule has 2 aromatic carbocycles. The van der Waals surface area contributed by atoms with E-state index in [2.05, 4.69) is 40.2 Å². The summed E-state index contributed by atoms with van der Waals surface area (Å²) in [7, 11) is 0.0149. The number of fused-ring (bicyclic) bond motifs is 2. The van der Waals surface area contributed by atoms with E-state index in [0.29, 0.717) is 62.8 Å². The number of phenolic OH excluding ortho intramolecular Hbond substituents is 1. The predicted molar refractivity (Wildman–Crippen MR) is 225 cm³/mol. The Balaban J connectivity index is 0.000000148. The second kappa shape index (κ2) is 18.1. The summed E-state index contributed by atoms with van der Waals surface area (Å²) in [4.78, 5) is 50.3. The molecule has 0 unspecified atom stereocenters. The van der Waals surface area contributed by atoms with Crippen LogP contribution in [0.1, 0.15) is 60.9 Å². The van der Waals surface area contributed by atoms with Gasteiger partial charge in [0.15, 0.2) is 34.0 Å². The van der Waals surface area contributed by atoms with Crippen LogP contribution in [0.25, 0.3) is 22.3 Å². The first-order valence-electron chi connectivity index (χ1n) is 19.3. The molecule has 328 valence electrons. The molecular weight excluding hydrogens is 883 g/mol. The minimum atomic E-state index is -3.46. The van der Waals surface area contributed by atoms with Crippen LogP contribution in [0.3, 0.4) is 0 Å². The van der Waals surface area contributed by atoms with Crippen molar-refractivity contribution >= 4 is 55.6 Å². The van der Waals surface area contributed by atoms with Crippen molar-refractivity contribution in [2.24, 2.45) is 14.1 Å². The van der Waals surface area contributed by atoms with Gasteiger partial charge in [0.05, 0.1) is 25.0 Å². The molecule has 24 heteroatoms. The Hall–Kier alpha value is -6.49. The van der Waals surface area contributed by atoms with Crippen LogP contribution in [0.5, 0.6) is 11.5 Å². The number of benzene rings is 2. The zero-order chi connectivity index (χ0) is 44.4. The summed E-state index contributed by atoms with van der Waals surface area (Å²) in [6.45, 7) is 0.257. The van der Waals surface area contributed by atoms with Crippen LogP contribution in [0, 0.1) is 0 Å². The highest BCUT2D eigenvalue weighted by Crippen LogP contribution is 2.39. The summed E-state index contributed by atoms with van der Waals surface area (Å²) in [5.74, 6) is 2.96. The first kappa shape index (κ1) is 43.2. The lowest BCUT2D eigenvalue weighted by atomic mass is 9.82. The lowest BCUT2D eigenvalue weighted by molar-refractivity contribution is 0.0943. The van der Waals surface area contributed by atoms with Gasteiger partial charge in [-0.3, -0.25) is 22.9 Å². The maximum Gasteiger partial charge on any atom is 0.280 e. The van der Waals surface area contributed by atoms with Crippen molar-refractivity contribution in [2.45, 2.75) is 62.8 Å². The van der Waals surface area contributed by atoms with Crippen LogP contribution in [0.15, 0.2) is 92.5 Å². The molecule has 6 heterocycles. The second-order valence-corrected chi connectivity index (χ2v) is 17.4. The Kier molecular flexibility index (Phi) is 12.4. The number of ether oxygens (including phenoxy) is 1. The first-order chi connectivity index (χ1) is 30.2. The van der Waals surface area contributed by atoms with E-state index >= 15 is 0 Å². The average Bonchev–Trinajstić information content (AvgIpc) is 4.04. The molecule has 63 heavy (non-hydrogen) atoms. The molecule has 0 atom stereocenters. The number of hydrogen-bond acceptors (Lipinski definition) is 17. The SMILES string of the molecule is Cn1cnc2ncn(Cc3nc(C4CC(OS(C)(=O)=O)C4)no3)c(=O)c21.Cn1cnc2ncn(Cc3nc(C4CC(Oc5ccc(Cl)cc5)C4)no3)c(=O)c21.Oc1ccc(Cl)cc1. The van der Waals surface area contributed by atoms with Crippen molar-refractivity contribution in [1.82, 2.24) is 58.5 Å². The number of hydrogen-bond donors (Lipinski definition) is 1. The molecule has 21 nitrogen and oxygen atoms in total. The third-order valence-electron chi connectivity index (χ3n) is 10.2. The summed E-state index contributed by atoms with van der Waals surface area (Å²) in [6.07, 6.45) is 9.35. The van der Waals surface area contributed by atoms with E-state index in [0.717, 1.165) is 24.8 Å². The van der Waals surface area contributed by atoms with Gasteiger partial charge in [-0.1, -0.05) is 33.5 Å². The summed E-state index contributed by atoms with van der Waals surface area (Å²) < 4.78 is 49.6. The van der Waals surface area contributed by atoms with E-state index in [4.69, 9.17) is 46.3 Å². The monoisotopic (exact) mass is 920 g/mol. The second-order valence-electron chi connectivity index (χ2n) is 14.9. The average molecular weight is 922 g/mol. The van der Waals surface area contributed by atoms with Crippen LogP contribution in [-0.2, 0) is 41.5 Å².